The minimum Gasteiger partial charge on any atom is -0.198 e. The maximum absolute atomic E-state index is 12.2. The van der Waals surface area contributed by atoms with Gasteiger partial charge in [-0.3, -0.25) is 0 Å². The number of alkyl halides is 5. The zero-order valence-electron chi connectivity index (χ0n) is 5.36. The largest absolute Gasteiger partial charge is 0.459 e. The van der Waals surface area contributed by atoms with Gasteiger partial charge < -0.3 is 0 Å². The summed E-state index contributed by atoms with van der Waals surface area (Å²) < 4.78 is 59.2. The average molecular weight is 187 g/mol. The Morgan fingerprint density at radius 1 is 1.17 bits per heavy atom. The molecule has 3 nitrogen and oxygen atoms in total. The van der Waals surface area contributed by atoms with Crippen molar-refractivity contribution in [2.75, 3.05) is 0 Å². The number of nitrogens with one attached hydrogen (secondary N) is 1. The summed E-state index contributed by atoms with van der Waals surface area (Å²) in [4.78, 5) is 0. The Labute approximate surface area is 62.6 Å². The van der Waals surface area contributed by atoms with Crippen LogP contribution >= 0.6 is 0 Å². The molecule has 0 unspecified atom stereocenters. The number of H-pyrrole nitrogens is 1. The van der Waals surface area contributed by atoms with Crippen LogP contribution in [0, 0.1) is 0 Å². The quantitative estimate of drug-likeness (QED) is 0.676. The minimum absolute atomic E-state index is 0.327. The Balaban J connectivity index is 3.02. The van der Waals surface area contributed by atoms with E-state index in [1.54, 1.807) is 5.21 Å². The lowest BCUT2D eigenvalue weighted by atomic mass is 10.2. The number of nitrogens with zero attached hydrogens (tertiary/aromatic N) is 2. The van der Waals surface area contributed by atoms with Crippen molar-refractivity contribution >= 4 is 0 Å². The zero-order valence-corrected chi connectivity index (χ0v) is 5.36. The molecule has 0 amide bonds. The first kappa shape index (κ1) is 8.88. The molecule has 0 saturated carbocycles. The SMILES string of the molecule is FC(F)(F)C(F)(F)c1cn[nH]n1. The van der Waals surface area contributed by atoms with Gasteiger partial charge in [0, 0.05) is 0 Å². The number of aromatic amines is 1. The van der Waals surface area contributed by atoms with Crippen molar-refractivity contribution in [3.63, 3.8) is 0 Å². The molecular formula is C4H2F5N3. The molecular weight excluding hydrogens is 185 g/mol. The van der Waals surface area contributed by atoms with Crippen LogP contribution in [-0.2, 0) is 5.92 Å². The highest BCUT2D eigenvalue weighted by Crippen LogP contribution is 2.42. The van der Waals surface area contributed by atoms with Crippen LogP contribution in [0.15, 0.2) is 6.20 Å². The molecule has 1 aromatic heterocycles. The molecule has 1 rings (SSSR count). The third-order valence-electron chi connectivity index (χ3n) is 1.09. The normalized spacial score (nSPS) is 13.4. The van der Waals surface area contributed by atoms with E-state index in [0.29, 0.717) is 6.20 Å². The molecule has 68 valence electrons. The van der Waals surface area contributed by atoms with Gasteiger partial charge in [0.2, 0.25) is 0 Å². The topological polar surface area (TPSA) is 41.6 Å². The van der Waals surface area contributed by atoms with Crippen molar-refractivity contribution in [3.05, 3.63) is 11.9 Å². The molecule has 0 aliphatic carbocycles. The molecule has 1 N–H and O–H groups in total. The van der Waals surface area contributed by atoms with Crippen LogP contribution in [0.5, 0.6) is 0 Å². The second-order valence-corrected chi connectivity index (χ2v) is 1.93. The summed E-state index contributed by atoms with van der Waals surface area (Å²) in [5, 5.41) is 7.16. The fraction of sp³-hybridized carbons (Fsp3) is 0.500. The van der Waals surface area contributed by atoms with Crippen molar-refractivity contribution in [1.82, 2.24) is 15.4 Å². The van der Waals surface area contributed by atoms with Gasteiger partial charge >= 0.3 is 12.1 Å². The third-order valence-corrected chi connectivity index (χ3v) is 1.09. The molecule has 8 heteroatoms. The van der Waals surface area contributed by atoms with E-state index in [0.717, 1.165) is 0 Å². The highest BCUT2D eigenvalue weighted by molar-refractivity contribution is 5.04. The van der Waals surface area contributed by atoms with Gasteiger partial charge in [-0.25, -0.2) is 0 Å². The minimum atomic E-state index is -5.64. The molecule has 0 radical (unpaired) electrons. The van der Waals surface area contributed by atoms with Crippen LogP contribution in [0.1, 0.15) is 5.69 Å². The maximum atomic E-state index is 12.2. The van der Waals surface area contributed by atoms with Crippen LogP contribution < -0.4 is 0 Å². The first-order valence-corrected chi connectivity index (χ1v) is 2.66. The van der Waals surface area contributed by atoms with Crippen LogP contribution in [0.2, 0.25) is 0 Å². The molecule has 0 saturated heterocycles. The smallest absolute Gasteiger partial charge is 0.198 e. The lowest BCUT2D eigenvalue weighted by Crippen LogP contribution is -2.34. The van der Waals surface area contributed by atoms with Crippen molar-refractivity contribution < 1.29 is 22.0 Å². The van der Waals surface area contributed by atoms with Crippen LogP contribution in [0.25, 0.3) is 0 Å². The summed E-state index contributed by atoms with van der Waals surface area (Å²) in [6.45, 7) is 0. The van der Waals surface area contributed by atoms with Crippen LogP contribution in [0.4, 0.5) is 22.0 Å². The van der Waals surface area contributed by atoms with Crippen molar-refractivity contribution in [3.8, 4) is 0 Å². The molecule has 0 aliphatic heterocycles. The average Bonchev–Trinajstić information content (AvgIpc) is 2.34. The zero-order chi connectivity index (χ0) is 9.41. The number of rotatable bonds is 1. The van der Waals surface area contributed by atoms with E-state index in [-0.39, 0.29) is 0 Å². The van der Waals surface area contributed by atoms with Gasteiger partial charge in [0.05, 0.1) is 6.20 Å². The molecule has 0 bridgehead atoms. The molecule has 1 heterocycles. The molecule has 1 aromatic rings. The summed E-state index contributed by atoms with van der Waals surface area (Å²) in [7, 11) is 0. The van der Waals surface area contributed by atoms with E-state index in [4.69, 9.17) is 0 Å². The molecule has 0 aromatic carbocycles. The van der Waals surface area contributed by atoms with Gasteiger partial charge in [-0.15, -0.1) is 0 Å². The van der Waals surface area contributed by atoms with Gasteiger partial charge in [-0.2, -0.15) is 37.4 Å². The Bertz CT molecular complexity index is 250. The second-order valence-electron chi connectivity index (χ2n) is 1.93. The third kappa shape index (κ3) is 1.23. The van der Waals surface area contributed by atoms with Gasteiger partial charge in [-0.05, 0) is 0 Å². The van der Waals surface area contributed by atoms with Crippen LogP contribution in [0.3, 0.4) is 0 Å². The van der Waals surface area contributed by atoms with Crippen molar-refractivity contribution in [2.24, 2.45) is 0 Å². The Kier molecular flexibility index (Phi) is 1.77. The molecule has 0 aliphatic rings. The van der Waals surface area contributed by atoms with Crippen LogP contribution in [-0.4, -0.2) is 21.6 Å². The maximum Gasteiger partial charge on any atom is 0.459 e. The Morgan fingerprint density at radius 3 is 2.08 bits per heavy atom. The molecule has 12 heavy (non-hydrogen) atoms. The second kappa shape index (κ2) is 2.39. The fourth-order valence-electron chi connectivity index (χ4n) is 0.498. The first-order valence-electron chi connectivity index (χ1n) is 2.66. The van der Waals surface area contributed by atoms with E-state index in [2.05, 4.69) is 10.2 Å². The van der Waals surface area contributed by atoms with Crippen molar-refractivity contribution in [2.45, 2.75) is 12.1 Å². The lowest BCUT2D eigenvalue weighted by molar-refractivity contribution is -0.291. The first-order chi connectivity index (χ1) is 5.36. The van der Waals surface area contributed by atoms with E-state index in [1.165, 1.54) is 0 Å². The number of hydrogen-bond acceptors (Lipinski definition) is 2. The van der Waals surface area contributed by atoms with E-state index >= 15 is 0 Å². The lowest BCUT2D eigenvalue weighted by Gasteiger charge is -2.15. The van der Waals surface area contributed by atoms with Gasteiger partial charge in [0.15, 0.2) is 5.69 Å². The predicted octanol–water partition coefficient (Wildman–Crippen LogP) is 1.46. The molecule has 0 fully saturated rings. The summed E-state index contributed by atoms with van der Waals surface area (Å²) >= 11 is 0. The van der Waals surface area contributed by atoms with Gasteiger partial charge in [-0.1, -0.05) is 0 Å². The summed E-state index contributed by atoms with van der Waals surface area (Å²) in [6, 6.07) is 0. The number of halogens is 5. The van der Waals surface area contributed by atoms with Gasteiger partial charge in [0.25, 0.3) is 0 Å². The van der Waals surface area contributed by atoms with Gasteiger partial charge in [0.1, 0.15) is 0 Å². The Hall–Kier alpha value is -1.21. The van der Waals surface area contributed by atoms with Crippen molar-refractivity contribution in [1.29, 1.82) is 0 Å². The van der Waals surface area contributed by atoms with E-state index in [1.807, 2.05) is 0 Å². The monoisotopic (exact) mass is 187 g/mol. The van der Waals surface area contributed by atoms with E-state index in [9.17, 15) is 22.0 Å². The highest BCUT2D eigenvalue weighted by atomic mass is 19.4. The molecule has 0 atom stereocenters. The molecule has 0 spiro atoms. The summed E-state index contributed by atoms with van der Waals surface area (Å²) in [5.74, 6) is -4.94. The number of aromatic nitrogens is 3. The summed E-state index contributed by atoms with van der Waals surface area (Å²) in [6.07, 6.45) is -5.31. The standard InChI is InChI=1S/C4H2F5N3/c5-3(6,4(7,8)9)2-1-10-12-11-2/h1H,(H,10,11,12). The number of hydrogen-bond donors (Lipinski definition) is 1. The Morgan fingerprint density at radius 2 is 1.75 bits per heavy atom. The van der Waals surface area contributed by atoms with E-state index < -0.39 is 17.8 Å². The fourth-order valence-corrected chi connectivity index (χ4v) is 0.498. The summed E-state index contributed by atoms with van der Waals surface area (Å²) in [5.41, 5.74) is -1.44. The predicted molar refractivity (Wildman–Crippen MR) is 26.3 cm³/mol. The highest BCUT2D eigenvalue weighted by Gasteiger charge is 2.60.